The Morgan fingerprint density at radius 3 is 1.30 bits per heavy atom. The number of rotatable bonds is 17. The van der Waals surface area contributed by atoms with E-state index in [0.717, 1.165) is 34.4 Å². The number of aliphatic carboxylic acids is 1. The van der Waals surface area contributed by atoms with Crippen LogP contribution in [0.3, 0.4) is 0 Å². The highest BCUT2D eigenvalue weighted by Gasteiger charge is 2.37. The molecule has 0 fully saturated rings. The molecule has 77 heavy (non-hydrogen) atoms. The molecule has 4 aromatic carbocycles. The van der Waals surface area contributed by atoms with Gasteiger partial charge in [0.2, 0.25) is 0 Å². The summed E-state index contributed by atoms with van der Waals surface area (Å²) in [7, 11) is 2.78. The fourth-order valence-electron chi connectivity index (χ4n) is 7.93. The number of hydrogen-bond donors (Lipinski definition) is 3. The summed E-state index contributed by atoms with van der Waals surface area (Å²) in [5, 5.41) is 14.8. The third-order valence-corrected chi connectivity index (χ3v) is 13.7. The number of esters is 1. The first-order valence-corrected chi connectivity index (χ1v) is 25.0. The van der Waals surface area contributed by atoms with Gasteiger partial charge in [0.05, 0.1) is 53.5 Å². The molecule has 13 nitrogen and oxygen atoms in total. The second kappa shape index (κ2) is 26.1. The average molecular weight is 1150 g/mol. The Bertz CT molecular complexity index is 3230. The number of amides is 2. The Hall–Kier alpha value is -6.64. The lowest BCUT2D eigenvalue weighted by molar-refractivity contribution is -0.146. The number of nitrogens with zero attached hydrogens (tertiary/aromatic N) is 3. The summed E-state index contributed by atoms with van der Waals surface area (Å²) in [6, 6.07) is 19.4. The van der Waals surface area contributed by atoms with Gasteiger partial charge in [-0.25, -0.2) is 9.59 Å². The molecular weight excluding hydrogens is 1100 g/mol. The van der Waals surface area contributed by atoms with Gasteiger partial charge in [0.25, 0.3) is 22.9 Å². The van der Waals surface area contributed by atoms with E-state index >= 15 is 0 Å². The van der Waals surface area contributed by atoms with E-state index in [1.807, 2.05) is 13.8 Å². The number of carbonyl (C=O) groups is 4. The minimum Gasteiger partial charge on any atom is -0.480 e. The van der Waals surface area contributed by atoms with Crippen molar-refractivity contribution in [2.75, 3.05) is 26.2 Å². The summed E-state index contributed by atoms with van der Waals surface area (Å²) in [6.45, 7) is 8.92. The molecule has 2 aromatic heterocycles. The molecule has 0 aliphatic rings. The molecule has 3 N–H and O–H groups in total. The summed E-state index contributed by atoms with van der Waals surface area (Å²) >= 11 is 24.4. The van der Waals surface area contributed by atoms with Crippen LogP contribution in [0.2, 0.25) is 20.1 Å². The first-order chi connectivity index (χ1) is 36.1. The lowest BCUT2D eigenvalue weighted by atomic mass is 9.97. The van der Waals surface area contributed by atoms with Crippen molar-refractivity contribution in [3.63, 3.8) is 0 Å². The maximum atomic E-state index is 13.8. The van der Waals surface area contributed by atoms with E-state index < -0.39 is 81.6 Å². The van der Waals surface area contributed by atoms with Gasteiger partial charge in [0, 0.05) is 44.9 Å². The van der Waals surface area contributed by atoms with Crippen LogP contribution in [0.1, 0.15) is 68.2 Å². The molecule has 0 saturated heterocycles. The van der Waals surface area contributed by atoms with Crippen LogP contribution in [0.15, 0.2) is 107 Å². The number of ether oxygens (including phenoxy) is 1. The van der Waals surface area contributed by atoms with E-state index in [-0.39, 0.29) is 73.2 Å². The third-order valence-electron chi connectivity index (χ3n) is 12.4. The lowest BCUT2D eigenvalue weighted by Crippen LogP contribution is -2.44. The van der Waals surface area contributed by atoms with Crippen LogP contribution in [0.4, 0.5) is 26.3 Å². The number of carboxylic acid groups (broad SMARTS) is 1. The molecule has 6 aromatic rings. The average Bonchev–Trinajstić information content (AvgIpc) is 3.36. The molecule has 0 saturated carbocycles. The molecule has 0 bridgehead atoms. The van der Waals surface area contributed by atoms with Crippen molar-refractivity contribution in [1.82, 2.24) is 24.7 Å². The fourth-order valence-corrected chi connectivity index (χ4v) is 9.07. The number of pyridine rings is 2. The molecule has 23 heteroatoms. The monoisotopic (exact) mass is 1150 g/mol. The van der Waals surface area contributed by atoms with E-state index in [9.17, 15) is 60.2 Å². The van der Waals surface area contributed by atoms with Crippen molar-refractivity contribution in [2.45, 2.75) is 65.0 Å². The van der Waals surface area contributed by atoms with E-state index in [4.69, 9.17) is 51.1 Å². The normalized spacial score (nSPS) is 12.3. The summed E-state index contributed by atoms with van der Waals surface area (Å²) in [5.74, 6) is -3.51. The van der Waals surface area contributed by atoms with Gasteiger partial charge in [-0.1, -0.05) is 121 Å². The van der Waals surface area contributed by atoms with E-state index in [1.54, 1.807) is 6.07 Å². The molecule has 2 unspecified atom stereocenters. The number of benzene rings is 4. The number of carbonyl (C=O) groups excluding carboxylic acids is 3. The summed E-state index contributed by atoms with van der Waals surface area (Å²) in [6.07, 6.45) is -9.71. The standard InChI is InChI=1S/C30H32Cl2F3N3O4.C24H19Cl2F3N2O4/c1-5-38(6-2)14-15-42-29(41)24(36-27(39)26-22(31)8-7-9-23(26)32)17-19-10-12-20(13-11-19)25-21(30(33,34)35)16-18(3)37(4)28(25)40;1-12-10-15(24(27,28)29)19(22(33)31(12)2)14-8-6-13(7-9-14)11-18(23(34)35)30-21(32)20-16(25)4-3-5-17(20)26/h7-13,16,24H,5-6,14-15,17H2,1-4H3,(H,36,39);3-10,18H,11H2,1-2H3,(H,30,32)(H,34,35). The molecule has 6 rings (SSSR count). The minimum atomic E-state index is -4.75. The maximum absolute atomic E-state index is 13.8. The van der Waals surface area contributed by atoms with Gasteiger partial charge in [-0.2, -0.15) is 26.3 Å². The number of halogens is 10. The molecular formula is C54H51Cl4F6N5O8. The molecule has 0 aliphatic carbocycles. The Labute approximate surface area is 458 Å². The maximum Gasteiger partial charge on any atom is 0.417 e. The first-order valence-electron chi connectivity index (χ1n) is 23.4. The second-order valence-corrected chi connectivity index (χ2v) is 19.1. The number of alkyl halides is 6. The molecule has 2 heterocycles. The largest absolute Gasteiger partial charge is 0.480 e. The van der Waals surface area contributed by atoms with Crippen LogP contribution >= 0.6 is 46.4 Å². The predicted octanol–water partition coefficient (Wildman–Crippen LogP) is 11.0. The zero-order valence-corrected chi connectivity index (χ0v) is 45.1. The van der Waals surface area contributed by atoms with Crippen LogP contribution < -0.4 is 21.8 Å². The zero-order chi connectivity index (χ0) is 57.3. The predicted molar refractivity (Wildman–Crippen MR) is 283 cm³/mol. The van der Waals surface area contributed by atoms with E-state index in [2.05, 4.69) is 15.5 Å². The number of aryl methyl sites for hydroxylation is 2. The second-order valence-electron chi connectivity index (χ2n) is 17.5. The highest BCUT2D eigenvalue weighted by molar-refractivity contribution is 6.40. The van der Waals surface area contributed by atoms with Crippen molar-refractivity contribution in [3.8, 4) is 22.3 Å². The SMILES string of the molecule is CCN(CC)CCOC(=O)C(Cc1ccc(-c2c(C(F)(F)F)cc(C)n(C)c2=O)cc1)NC(=O)c1c(Cl)cccc1Cl.Cc1cc(C(F)(F)F)c(-c2ccc(CC(NC(=O)c3c(Cl)cccc3Cl)C(=O)O)cc2)c(=O)n1C. The third kappa shape index (κ3) is 15.3. The Morgan fingerprint density at radius 2 is 0.961 bits per heavy atom. The van der Waals surface area contributed by atoms with Gasteiger partial charge in [-0.05, 0) is 85.6 Å². The number of hydrogen-bond acceptors (Lipinski definition) is 8. The van der Waals surface area contributed by atoms with Gasteiger partial charge in [-0.15, -0.1) is 0 Å². The van der Waals surface area contributed by atoms with Gasteiger partial charge in [0.15, 0.2) is 0 Å². The van der Waals surface area contributed by atoms with Crippen molar-refractivity contribution >= 4 is 70.2 Å². The topological polar surface area (TPSA) is 169 Å². The first kappa shape index (κ1) is 61.2. The molecule has 0 spiro atoms. The summed E-state index contributed by atoms with van der Waals surface area (Å²) in [4.78, 5) is 78.1. The van der Waals surface area contributed by atoms with Crippen LogP contribution in [0.25, 0.3) is 22.3 Å². The lowest BCUT2D eigenvalue weighted by Gasteiger charge is -2.21. The van der Waals surface area contributed by atoms with Gasteiger partial charge in [-0.3, -0.25) is 19.2 Å². The number of aromatic nitrogens is 2. The van der Waals surface area contributed by atoms with Crippen molar-refractivity contribution < 1.29 is 55.4 Å². The molecule has 2 atom stereocenters. The Balaban J connectivity index is 0.000000289. The van der Waals surface area contributed by atoms with Gasteiger partial charge >= 0.3 is 24.3 Å². The van der Waals surface area contributed by atoms with Crippen LogP contribution in [-0.4, -0.2) is 81.2 Å². The number of likely N-dealkylation sites (N-methyl/N-ethyl adjacent to an activating group) is 1. The zero-order valence-electron chi connectivity index (χ0n) is 42.1. The summed E-state index contributed by atoms with van der Waals surface area (Å²) < 4.78 is 90.0. The molecule has 2 amide bonds. The Kier molecular flexibility index (Phi) is 20.8. The van der Waals surface area contributed by atoms with Gasteiger partial charge < -0.3 is 34.5 Å². The van der Waals surface area contributed by atoms with Crippen LogP contribution in [-0.2, 0) is 53.6 Å². The van der Waals surface area contributed by atoms with E-state index in [0.29, 0.717) is 17.7 Å². The number of carboxylic acids is 1. The fraction of sp³-hybridized carbons (Fsp3) is 0.296. The molecule has 0 radical (unpaired) electrons. The summed E-state index contributed by atoms with van der Waals surface area (Å²) in [5.41, 5.74) is -3.41. The number of nitrogens with one attached hydrogen (secondary N) is 2. The minimum absolute atomic E-state index is 0.00739. The Morgan fingerprint density at radius 1 is 0.610 bits per heavy atom. The smallest absolute Gasteiger partial charge is 0.417 e. The quantitative estimate of drug-likeness (QED) is 0.0594. The van der Waals surface area contributed by atoms with Gasteiger partial charge in [0.1, 0.15) is 18.7 Å². The van der Waals surface area contributed by atoms with E-state index in [1.165, 1.54) is 107 Å². The highest BCUT2D eigenvalue weighted by atomic mass is 35.5. The van der Waals surface area contributed by atoms with Crippen LogP contribution in [0, 0.1) is 13.8 Å². The molecule has 0 aliphatic heterocycles. The van der Waals surface area contributed by atoms with Crippen molar-refractivity contribution in [3.05, 3.63) is 183 Å². The van der Waals surface area contributed by atoms with Crippen molar-refractivity contribution in [1.29, 1.82) is 0 Å². The van der Waals surface area contributed by atoms with Crippen LogP contribution in [0.5, 0.6) is 0 Å². The highest BCUT2D eigenvalue weighted by Crippen LogP contribution is 2.37. The molecule has 410 valence electrons. The van der Waals surface area contributed by atoms with Crippen molar-refractivity contribution in [2.24, 2.45) is 14.1 Å².